The van der Waals surface area contributed by atoms with E-state index in [-0.39, 0.29) is 0 Å². The summed E-state index contributed by atoms with van der Waals surface area (Å²) in [5.74, 6) is 0. The SMILES string of the molecule is CCCCCCCCCC(O)N(C)C(C)O. The lowest BCUT2D eigenvalue weighted by atomic mass is 10.1. The number of hydrogen-bond acceptors (Lipinski definition) is 3. The van der Waals surface area contributed by atoms with Crippen molar-refractivity contribution in [3.63, 3.8) is 0 Å². The maximum Gasteiger partial charge on any atom is 0.109 e. The summed E-state index contributed by atoms with van der Waals surface area (Å²) in [5, 5.41) is 19.0. The van der Waals surface area contributed by atoms with Crippen molar-refractivity contribution in [1.82, 2.24) is 4.90 Å². The van der Waals surface area contributed by atoms with E-state index in [9.17, 15) is 10.2 Å². The summed E-state index contributed by atoms with van der Waals surface area (Å²) in [4.78, 5) is 1.59. The van der Waals surface area contributed by atoms with Gasteiger partial charge in [0.15, 0.2) is 0 Å². The molecule has 0 amide bonds. The average molecular weight is 231 g/mol. The maximum absolute atomic E-state index is 9.69. The highest BCUT2D eigenvalue weighted by Crippen LogP contribution is 2.11. The summed E-state index contributed by atoms with van der Waals surface area (Å²) in [7, 11) is 1.75. The summed E-state index contributed by atoms with van der Waals surface area (Å²) in [6.45, 7) is 3.90. The molecule has 2 N–H and O–H groups in total. The zero-order valence-corrected chi connectivity index (χ0v) is 11.2. The smallest absolute Gasteiger partial charge is 0.109 e. The van der Waals surface area contributed by atoms with Crippen molar-refractivity contribution in [3.05, 3.63) is 0 Å². The van der Waals surface area contributed by atoms with Crippen LogP contribution in [-0.2, 0) is 0 Å². The Hall–Kier alpha value is -0.120. The third-order valence-corrected chi connectivity index (χ3v) is 3.13. The van der Waals surface area contributed by atoms with Crippen LogP contribution in [-0.4, -0.2) is 34.6 Å². The predicted molar refractivity (Wildman–Crippen MR) is 68.1 cm³/mol. The Morgan fingerprint density at radius 1 is 0.938 bits per heavy atom. The monoisotopic (exact) mass is 231 g/mol. The van der Waals surface area contributed by atoms with Crippen LogP contribution >= 0.6 is 0 Å². The zero-order chi connectivity index (χ0) is 12.4. The van der Waals surface area contributed by atoms with Crippen LogP contribution in [0.15, 0.2) is 0 Å². The van der Waals surface area contributed by atoms with Crippen molar-refractivity contribution in [3.8, 4) is 0 Å². The number of aliphatic hydroxyl groups is 2. The molecule has 0 bridgehead atoms. The molecule has 98 valence electrons. The van der Waals surface area contributed by atoms with Crippen molar-refractivity contribution in [2.24, 2.45) is 0 Å². The molecule has 0 aliphatic rings. The van der Waals surface area contributed by atoms with Gasteiger partial charge in [0.25, 0.3) is 0 Å². The number of unbranched alkanes of at least 4 members (excludes halogenated alkanes) is 6. The number of rotatable bonds is 10. The lowest BCUT2D eigenvalue weighted by Crippen LogP contribution is -2.38. The minimum atomic E-state index is -0.570. The Balaban J connectivity index is 3.31. The van der Waals surface area contributed by atoms with E-state index in [2.05, 4.69) is 6.92 Å². The Bertz CT molecular complexity index is 151. The van der Waals surface area contributed by atoms with Gasteiger partial charge in [-0.1, -0.05) is 45.4 Å². The Morgan fingerprint density at radius 2 is 1.44 bits per heavy atom. The lowest BCUT2D eigenvalue weighted by Gasteiger charge is -2.25. The first kappa shape index (κ1) is 15.9. The Labute approximate surface area is 100 Å². The molecule has 0 rings (SSSR count). The van der Waals surface area contributed by atoms with Gasteiger partial charge in [-0.05, 0) is 26.8 Å². The molecule has 0 saturated heterocycles. The highest BCUT2D eigenvalue weighted by atomic mass is 16.3. The van der Waals surface area contributed by atoms with Crippen molar-refractivity contribution in [1.29, 1.82) is 0 Å². The molecule has 0 aromatic carbocycles. The van der Waals surface area contributed by atoms with Gasteiger partial charge in [-0.3, -0.25) is 4.90 Å². The molecule has 0 aliphatic carbocycles. The summed E-state index contributed by atoms with van der Waals surface area (Å²) in [6.07, 6.45) is 8.47. The molecule has 0 saturated carbocycles. The van der Waals surface area contributed by atoms with Gasteiger partial charge in [0.1, 0.15) is 12.5 Å². The van der Waals surface area contributed by atoms with Crippen molar-refractivity contribution in [2.45, 2.75) is 77.7 Å². The molecular formula is C13H29NO2. The molecular weight excluding hydrogens is 202 g/mol. The van der Waals surface area contributed by atoms with E-state index in [1.54, 1.807) is 18.9 Å². The highest BCUT2D eigenvalue weighted by molar-refractivity contribution is 4.58. The van der Waals surface area contributed by atoms with Gasteiger partial charge in [-0.25, -0.2) is 0 Å². The van der Waals surface area contributed by atoms with E-state index in [4.69, 9.17) is 0 Å². The molecule has 0 spiro atoms. The van der Waals surface area contributed by atoms with Gasteiger partial charge < -0.3 is 10.2 Å². The van der Waals surface area contributed by atoms with E-state index in [1.807, 2.05) is 0 Å². The van der Waals surface area contributed by atoms with Gasteiger partial charge in [-0.2, -0.15) is 0 Å². The van der Waals surface area contributed by atoms with E-state index < -0.39 is 12.5 Å². The van der Waals surface area contributed by atoms with Crippen LogP contribution in [0, 0.1) is 0 Å². The lowest BCUT2D eigenvalue weighted by molar-refractivity contribution is -0.0801. The quantitative estimate of drug-likeness (QED) is 0.449. The molecule has 0 aromatic rings. The minimum absolute atomic E-state index is 0.504. The van der Waals surface area contributed by atoms with Gasteiger partial charge >= 0.3 is 0 Å². The van der Waals surface area contributed by atoms with Gasteiger partial charge in [0, 0.05) is 0 Å². The second-order valence-electron chi connectivity index (χ2n) is 4.69. The van der Waals surface area contributed by atoms with Crippen LogP contribution in [0.4, 0.5) is 0 Å². The van der Waals surface area contributed by atoms with Crippen LogP contribution in [0.3, 0.4) is 0 Å². The average Bonchev–Trinajstić information content (AvgIpc) is 2.26. The van der Waals surface area contributed by atoms with Crippen LogP contribution in [0.5, 0.6) is 0 Å². The molecule has 2 unspecified atom stereocenters. The first-order valence-electron chi connectivity index (χ1n) is 6.67. The van der Waals surface area contributed by atoms with Crippen molar-refractivity contribution < 1.29 is 10.2 Å². The van der Waals surface area contributed by atoms with Gasteiger partial charge in [-0.15, -0.1) is 0 Å². The maximum atomic E-state index is 9.69. The van der Waals surface area contributed by atoms with Crippen molar-refractivity contribution >= 4 is 0 Å². The topological polar surface area (TPSA) is 43.7 Å². The molecule has 0 heterocycles. The van der Waals surface area contributed by atoms with Crippen LogP contribution in [0.2, 0.25) is 0 Å². The molecule has 3 heteroatoms. The van der Waals surface area contributed by atoms with Crippen LogP contribution in [0.1, 0.15) is 65.2 Å². The molecule has 3 nitrogen and oxygen atoms in total. The predicted octanol–water partition coefficient (Wildman–Crippen LogP) is 2.72. The summed E-state index contributed by atoms with van der Waals surface area (Å²) in [5.41, 5.74) is 0. The summed E-state index contributed by atoms with van der Waals surface area (Å²) >= 11 is 0. The van der Waals surface area contributed by atoms with E-state index in [0.29, 0.717) is 0 Å². The largest absolute Gasteiger partial charge is 0.379 e. The minimum Gasteiger partial charge on any atom is -0.379 e. The standard InChI is InChI=1S/C13H29NO2/c1-4-5-6-7-8-9-10-11-13(16)14(3)12(2)15/h12-13,15-16H,4-11H2,1-3H3. The summed E-state index contributed by atoms with van der Waals surface area (Å²) < 4.78 is 0. The third kappa shape index (κ3) is 8.08. The first-order valence-corrected chi connectivity index (χ1v) is 6.67. The first-order chi connectivity index (χ1) is 7.59. The summed E-state index contributed by atoms with van der Waals surface area (Å²) in [6, 6.07) is 0. The Morgan fingerprint density at radius 3 is 1.94 bits per heavy atom. The molecule has 16 heavy (non-hydrogen) atoms. The van der Waals surface area contributed by atoms with Gasteiger partial charge in [0.2, 0.25) is 0 Å². The zero-order valence-electron chi connectivity index (χ0n) is 11.2. The fourth-order valence-electron chi connectivity index (χ4n) is 1.74. The number of hydrogen-bond donors (Lipinski definition) is 2. The molecule has 0 fully saturated rings. The number of nitrogens with zero attached hydrogens (tertiary/aromatic N) is 1. The molecule has 0 radical (unpaired) electrons. The highest BCUT2D eigenvalue weighted by Gasteiger charge is 2.14. The fourth-order valence-corrected chi connectivity index (χ4v) is 1.74. The number of aliphatic hydroxyl groups excluding tert-OH is 2. The normalized spacial score (nSPS) is 15.4. The third-order valence-electron chi connectivity index (χ3n) is 3.13. The second kappa shape index (κ2) is 10.1. The Kier molecular flexibility index (Phi) is 9.99. The van der Waals surface area contributed by atoms with E-state index in [1.165, 1.54) is 38.5 Å². The van der Waals surface area contributed by atoms with E-state index in [0.717, 1.165) is 12.8 Å². The van der Waals surface area contributed by atoms with E-state index >= 15 is 0 Å². The van der Waals surface area contributed by atoms with Crippen LogP contribution in [0.25, 0.3) is 0 Å². The van der Waals surface area contributed by atoms with Crippen molar-refractivity contribution in [2.75, 3.05) is 7.05 Å². The fraction of sp³-hybridized carbons (Fsp3) is 1.00. The molecule has 0 aliphatic heterocycles. The van der Waals surface area contributed by atoms with Crippen LogP contribution < -0.4 is 0 Å². The second-order valence-corrected chi connectivity index (χ2v) is 4.69. The molecule has 0 aromatic heterocycles. The molecule has 2 atom stereocenters. The van der Waals surface area contributed by atoms with Gasteiger partial charge in [0.05, 0.1) is 0 Å².